The molecule has 8 heteroatoms. The molecule has 1 amide bonds. The summed E-state index contributed by atoms with van der Waals surface area (Å²) in [5.74, 6) is -1.27. The molecule has 0 spiro atoms. The Hall–Kier alpha value is -1.93. The van der Waals surface area contributed by atoms with Gasteiger partial charge in [-0.05, 0) is 26.3 Å². The Balaban J connectivity index is 2.25. The second kappa shape index (κ2) is 7.97. The summed E-state index contributed by atoms with van der Waals surface area (Å²) in [7, 11) is 1.27. The van der Waals surface area contributed by atoms with Crippen molar-refractivity contribution in [2.24, 2.45) is 0 Å². The van der Waals surface area contributed by atoms with Crippen LogP contribution in [0.5, 0.6) is 0 Å². The summed E-state index contributed by atoms with van der Waals surface area (Å²) in [5.41, 5.74) is 0.870. The number of thiophene rings is 1. The molecule has 2 heterocycles. The minimum atomic E-state index is -0.457. The van der Waals surface area contributed by atoms with Crippen LogP contribution in [0.15, 0.2) is 0 Å². The molecule has 0 aliphatic carbocycles. The molecule has 2 rings (SSSR count). The van der Waals surface area contributed by atoms with Gasteiger partial charge >= 0.3 is 11.9 Å². The molecule has 0 saturated heterocycles. The SMILES string of the molecule is CCOC(=O)c1c(NC(=O)CCC(=O)OC)sc2c1CC(C)(C)OC2. The van der Waals surface area contributed by atoms with Gasteiger partial charge in [0.15, 0.2) is 0 Å². The fraction of sp³-hybridized carbons (Fsp3) is 0.588. The normalized spacial score (nSPS) is 15.2. The number of hydrogen-bond acceptors (Lipinski definition) is 7. The molecular weight excluding hydrogens is 346 g/mol. The number of rotatable bonds is 6. The Morgan fingerprint density at radius 2 is 2.00 bits per heavy atom. The van der Waals surface area contributed by atoms with Crippen LogP contribution >= 0.6 is 11.3 Å². The minimum absolute atomic E-state index is 0.0144. The van der Waals surface area contributed by atoms with Gasteiger partial charge in [-0.25, -0.2) is 4.79 Å². The number of amides is 1. The highest BCUT2D eigenvalue weighted by molar-refractivity contribution is 7.17. The van der Waals surface area contributed by atoms with Gasteiger partial charge in [0.05, 0.1) is 37.9 Å². The van der Waals surface area contributed by atoms with Crippen LogP contribution in [0.3, 0.4) is 0 Å². The molecule has 0 atom stereocenters. The van der Waals surface area contributed by atoms with E-state index in [4.69, 9.17) is 9.47 Å². The van der Waals surface area contributed by atoms with Gasteiger partial charge in [0.25, 0.3) is 0 Å². The first-order chi connectivity index (χ1) is 11.8. The van der Waals surface area contributed by atoms with Crippen molar-refractivity contribution >= 4 is 34.2 Å². The number of methoxy groups -OCH3 is 1. The largest absolute Gasteiger partial charge is 0.469 e. The van der Waals surface area contributed by atoms with E-state index in [1.807, 2.05) is 13.8 Å². The van der Waals surface area contributed by atoms with Gasteiger partial charge < -0.3 is 19.5 Å². The molecular formula is C17H23NO6S. The van der Waals surface area contributed by atoms with Crippen molar-refractivity contribution in [3.63, 3.8) is 0 Å². The van der Waals surface area contributed by atoms with Crippen LogP contribution in [0.2, 0.25) is 0 Å². The second-order valence-electron chi connectivity index (χ2n) is 6.28. The van der Waals surface area contributed by atoms with E-state index >= 15 is 0 Å². The monoisotopic (exact) mass is 369 g/mol. The third-order valence-corrected chi connectivity index (χ3v) is 4.92. The lowest BCUT2D eigenvalue weighted by Crippen LogP contribution is -2.32. The summed E-state index contributed by atoms with van der Waals surface area (Å²) in [5, 5.41) is 3.17. The van der Waals surface area contributed by atoms with Crippen molar-refractivity contribution in [2.45, 2.75) is 52.2 Å². The van der Waals surface area contributed by atoms with E-state index < -0.39 is 11.9 Å². The van der Waals surface area contributed by atoms with Gasteiger partial charge in [-0.2, -0.15) is 0 Å². The molecule has 7 nitrogen and oxygen atoms in total. The smallest absolute Gasteiger partial charge is 0.341 e. The lowest BCUT2D eigenvalue weighted by molar-refractivity contribution is -0.141. The topological polar surface area (TPSA) is 90.9 Å². The number of ether oxygens (including phenoxy) is 3. The van der Waals surface area contributed by atoms with Crippen molar-refractivity contribution in [1.29, 1.82) is 0 Å². The van der Waals surface area contributed by atoms with Gasteiger partial charge in [-0.15, -0.1) is 11.3 Å². The number of hydrogen-bond donors (Lipinski definition) is 1. The highest BCUT2D eigenvalue weighted by Crippen LogP contribution is 2.40. The van der Waals surface area contributed by atoms with Crippen LogP contribution in [0, 0.1) is 0 Å². The fourth-order valence-electron chi connectivity index (χ4n) is 2.57. The Bertz CT molecular complexity index is 679. The molecule has 0 unspecified atom stereocenters. The number of anilines is 1. The summed E-state index contributed by atoms with van der Waals surface area (Å²) < 4.78 is 15.5. The highest BCUT2D eigenvalue weighted by Gasteiger charge is 2.34. The molecule has 1 N–H and O–H groups in total. The number of nitrogens with one attached hydrogen (secondary N) is 1. The first kappa shape index (κ1) is 19.4. The van der Waals surface area contributed by atoms with Crippen molar-refractivity contribution in [3.8, 4) is 0 Å². The van der Waals surface area contributed by atoms with Crippen LogP contribution < -0.4 is 5.32 Å². The first-order valence-electron chi connectivity index (χ1n) is 8.09. The number of fused-ring (bicyclic) bond motifs is 1. The van der Waals surface area contributed by atoms with E-state index in [0.29, 0.717) is 23.6 Å². The maximum Gasteiger partial charge on any atom is 0.341 e. The zero-order chi connectivity index (χ0) is 18.6. The van der Waals surface area contributed by atoms with E-state index in [9.17, 15) is 14.4 Å². The Kier molecular flexibility index (Phi) is 6.18. The lowest BCUT2D eigenvalue weighted by atomic mass is 9.93. The second-order valence-corrected chi connectivity index (χ2v) is 7.38. The van der Waals surface area contributed by atoms with Crippen LogP contribution in [-0.2, 0) is 36.8 Å². The third-order valence-electron chi connectivity index (χ3n) is 3.80. The molecule has 1 aliphatic heterocycles. The Morgan fingerprint density at radius 1 is 1.28 bits per heavy atom. The molecule has 0 bridgehead atoms. The molecule has 138 valence electrons. The summed E-state index contributed by atoms with van der Waals surface area (Å²) in [6.07, 6.45) is 0.531. The third kappa shape index (κ3) is 4.79. The average Bonchev–Trinajstić information content (AvgIpc) is 2.88. The van der Waals surface area contributed by atoms with Gasteiger partial charge in [0, 0.05) is 17.7 Å². The zero-order valence-electron chi connectivity index (χ0n) is 14.9. The maximum absolute atomic E-state index is 12.4. The van der Waals surface area contributed by atoms with Gasteiger partial charge in [-0.3, -0.25) is 9.59 Å². The summed E-state index contributed by atoms with van der Waals surface area (Å²) in [6.45, 7) is 6.28. The van der Waals surface area contributed by atoms with E-state index in [1.54, 1.807) is 6.92 Å². The van der Waals surface area contributed by atoms with Crippen LogP contribution in [-0.4, -0.2) is 37.2 Å². The predicted octanol–water partition coefficient (Wildman–Crippen LogP) is 2.67. The van der Waals surface area contributed by atoms with Crippen LogP contribution in [0.25, 0.3) is 0 Å². The fourth-order valence-corrected chi connectivity index (χ4v) is 3.70. The van der Waals surface area contributed by atoms with Crippen LogP contribution in [0.4, 0.5) is 5.00 Å². The number of esters is 2. The van der Waals surface area contributed by atoms with Crippen molar-refractivity contribution in [3.05, 3.63) is 16.0 Å². The van der Waals surface area contributed by atoms with Gasteiger partial charge in [-0.1, -0.05) is 0 Å². The molecule has 0 saturated carbocycles. The summed E-state index contributed by atoms with van der Waals surface area (Å²) in [6, 6.07) is 0. The molecule has 1 aromatic heterocycles. The van der Waals surface area contributed by atoms with E-state index in [2.05, 4.69) is 10.1 Å². The molecule has 1 aromatic rings. The Morgan fingerprint density at radius 3 is 2.64 bits per heavy atom. The minimum Gasteiger partial charge on any atom is -0.469 e. The van der Waals surface area contributed by atoms with Crippen molar-refractivity contribution in [1.82, 2.24) is 0 Å². The number of carbonyl (C=O) groups is 3. The molecule has 0 aromatic carbocycles. The molecule has 1 aliphatic rings. The zero-order valence-corrected chi connectivity index (χ0v) is 15.7. The highest BCUT2D eigenvalue weighted by atomic mass is 32.1. The predicted molar refractivity (Wildman–Crippen MR) is 92.7 cm³/mol. The summed E-state index contributed by atoms with van der Waals surface area (Å²) >= 11 is 1.31. The van der Waals surface area contributed by atoms with Crippen molar-refractivity contribution < 1.29 is 28.6 Å². The molecule has 0 fully saturated rings. The number of carbonyl (C=O) groups excluding carboxylic acids is 3. The maximum atomic E-state index is 12.4. The van der Waals surface area contributed by atoms with E-state index in [1.165, 1.54) is 18.4 Å². The van der Waals surface area contributed by atoms with Crippen LogP contribution in [0.1, 0.15) is 54.4 Å². The molecule has 0 radical (unpaired) electrons. The first-order valence-corrected chi connectivity index (χ1v) is 8.91. The average molecular weight is 369 g/mol. The standard InChI is InChI=1S/C17H23NO6S/c1-5-23-16(21)14-10-8-17(2,3)24-9-11(10)25-15(14)18-12(19)6-7-13(20)22-4/h5-9H2,1-4H3,(H,18,19). The van der Waals surface area contributed by atoms with Gasteiger partial charge in [0.1, 0.15) is 5.00 Å². The lowest BCUT2D eigenvalue weighted by Gasteiger charge is -2.30. The van der Waals surface area contributed by atoms with Crippen molar-refractivity contribution in [2.75, 3.05) is 19.0 Å². The van der Waals surface area contributed by atoms with E-state index in [0.717, 1.165) is 10.4 Å². The summed E-state index contributed by atoms with van der Waals surface area (Å²) in [4.78, 5) is 36.6. The Labute approximate surface area is 150 Å². The van der Waals surface area contributed by atoms with Gasteiger partial charge in [0.2, 0.25) is 5.91 Å². The van der Waals surface area contributed by atoms with E-state index in [-0.39, 0.29) is 31.0 Å². The molecule has 25 heavy (non-hydrogen) atoms. The quantitative estimate of drug-likeness (QED) is 0.775.